The summed E-state index contributed by atoms with van der Waals surface area (Å²) in [6.07, 6.45) is -1.57. The van der Waals surface area contributed by atoms with Gasteiger partial charge in [-0.25, -0.2) is 0 Å². The Morgan fingerprint density at radius 1 is 0.625 bits per heavy atom. The molecule has 0 amide bonds. The van der Waals surface area contributed by atoms with Gasteiger partial charge in [0.05, 0.1) is 26.4 Å². The Hall–Kier alpha value is -4.70. The quantitative estimate of drug-likeness (QED) is 0.136. The van der Waals surface area contributed by atoms with Crippen LogP contribution < -0.4 is 9.47 Å². The monoisotopic (exact) mass is 652 g/mol. The number of benzene rings is 4. The van der Waals surface area contributed by atoms with E-state index in [-0.39, 0.29) is 29.1 Å². The number of aliphatic hydroxyl groups excluding tert-OH is 1. The average molecular weight is 653 g/mol. The van der Waals surface area contributed by atoms with E-state index in [0.29, 0.717) is 41.9 Å². The van der Waals surface area contributed by atoms with Crippen molar-refractivity contribution in [2.45, 2.75) is 63.6 Å². The summed E-state index contributed by atoms with van der Waals surface area (Å²) in [6, 6.07) is 21.1. The molecule has 3 aliphatic rings. The molecule has 5 N–H and O–H groups in total. The molecule has 0 bridgehead atoms. The second-order valence-electron chi connectivity index (χ2n) is 13.2. The summed E-state index contributed by atoms with van der Waals surface area (Å²) in [7, 11) is 3.00. The molecule has 7 rings (SSSR count). The van der Waals surface area contributed by atoms with E-state index < -0.39 is 29.8 Å². The lowest BCUT2D eigenvalue weighted by atomic mass is 9.62. The predicted octanol–water partition coefficient (Wildman–Crippen LogP) is 7.30. The number of phenolic OH excluding ortho intramolecular Hbond substituents is 4. The van der Waals surface area contributed by atoms with E-state index in [1.54, 1.807) is 42.5 Å². The number of hydrogen-bond donors (Lipinski definition) is 5. The van der Waals surface area contributed by atoms with Gasteiger partial charge >= 0.3 is 0 Å². The number of aliphatic hydroxyl groups is 1. The summed E-state index contributed by atoms with van der Waals surface area (Å²) >= 11 is 0. The van der Waals surface area contributed by atoms with E-state index in [1.807, 2.05) is 44.2 Å². The minimum Gasteiger partial charge on any atom is -0.508 e. The molecular weight excluding hydrogens is 612 g/mol. The van der Waals surface area contributed by atoms with Crippen LogP contribution in [0.4, 0.5) is 0 Å². The van der Waals surface area contributed by atoms with Crippen molar-refractivity contribution in [2.75, 3.05) is 14.2 Å². The maximum atomic E-state index is 12.4. The molecule has 1 spiro atoms. The van der Waals surface area contributed by atoms with Crippen LogP contribution in [0.15, 0.2) is 83.9 Å². The zero-order valence-corrected chi connectivity index (χ0v) is 27.3. The molecule has 9 heteroatoms. The zero-order chi connectivity index (χ0) is 33.9. The minimum atomic E-state index is -0.949. The molecule has 9 nitrogen and oxygen atoms in total. The van der Waals surface area contributed by atoms with Gasteiger partial charge in [0.2, 0.25) is 0 Å². The lowest BCUT2D eigenvalue weighted by Crippen LogP contribution is -2.39. The standard InChI is InChI=1S/C39H40O9/c1-20-15-22(5-9-28(20)40)34-26-13-14-39(19-27(26)35(47-34)24-7-11-30(42)33(18-24)46-4)37(44)36(23-6-10-29(41)21(2)16-23)48-38(39)25-8-12-32(45-3)31(43)17-25/h5-12,15-18,34-38,40-44H,13-14,19H2,1-4H3/t34-,35+,36+,37-,38-,39+/m0/s1. The number of rotatable bonds is 6. The average Bonchev–Trinajstić information content (AvgIpc) is 3.59. The van der Waals surface area contributed by atoms with Crippen molar-refractivity contribution >= 4 is 0 Å². The van der Waals surface area contributed by atoms with Gasteiger partial charge in [0, 0.05) is 5.41 Å². The summed E-state index contributed by atoms with van der Waals surface area (Å²) in [5.74, 6) is 1.03. The number of ether oxygens (including phenoxy) is 4. The third-order valence-electron chi connectivity index (χ3n) is 10.5. The van der Waals surface area contributed by atoms with Gasteiger partial charge in [0.25, 0.3) is 0 Å². The van der Waals surface area contributed by atoms with E-state index >= 15 is 0 Å². The van der Waals surface area contributed by atoms with E-state index in [2.05, 4.69) is 0 Å². The zero-order valence-electron chi connectivity index (χ0n) is 27.3. The third-order valence-corrected chi connectivity index (χ3v) is 10.5. The lowest BCUT2D eigenvalue weighted by molar-refractivity contribution is 0.00310. The van der Waals surface area contributed by atoms with Gasteiger partial charge in [0.15, 0.2) is 23.0 Å². The third kappa shape index (κ3) is 5.13. The summed E-state index contributed by atoms with van der Waals surface area (Å²) in [6.45, 7) is 3.66. The Bertz CT molecular complexity index is 1920. The highest BCUT2D eigenvalue weighted by atomic mass is 16.5. The molecule has 4 aromatic carbocycles. The fourth-order valence-electron chi connectivity index (χ4n) is 7.89. The number of aromatic hydroxyl groups is 4. The topological polar surface area (TPSA) is 138 Å². The van der Waals surface area contributed by atoms with Crippen LogP contribution in [0.2, 0.25) is 0 Å². The van der Waals surface area contributed by atoms with Gasteiger partial charge < -0.3 is 44.5 Å². The summed E-state index contributed by atoms with van der Waals surface area (Å²) in [4.78, 5) is 0. The molecule has 2 aliphatic heterocycles. The minimum absolute atomic E-state index is 0.0188. The van der Waals surface area contributed by atoms with Crippen LogP contribution in [0.25, 0.3) is 0 Å². The van der Waals surface area contributed by atoms with Crippen LogP contribution in [0.3, 0.4) is 0 Å². The largest absolute Gasteiger partial charge is 0.508 e. The van der Waals surface area contributed by atoms with Crippen molar-refractivity contribution in [3.05, 3.63) is 117 Å². The molecule has 2 heterocycles. The molecular formula is C39H40O9. The summed E-state index contributed by atoms with van der Waals surface area (Å²) in [5, 5.41) is 54.1. The van der Waals surface area contributed by atoms with Crippen molar-refractivity contribution in [1.29, 1.82) is 0 Å². The Labute approximate surface area is 279 Å². The van der Waals surface area contributed by atoms with E-state index in [0.717, 1.165) is 33.4 Å². The predicted molar refractivity (Wildman–Crippen MR) is 177 cm³/mol. The Morgan fingerprint density at radius 2 is 1.21 bits per heavy atom. The van der Waals surface area contributed by atoms with Crippen molar-refractivity contribution < 1.29 is 44.5 Å². The number of phenols is 4. The van der Waals surface area contributed by atoms with Crippen molar-refractivity contribution in [3.63, 3.8) is 0 Å². The van der Waals surface area contributed by atoms with Crippen molar-refractivity contribution in [2.24, 2.45) is 5.41 Å². The van der Waals surface area contributed by atoms with Gasteiger partial charge in [-0.1, -0.05) is 24.3 Å². The molecule has 0 radical (unpaired) electrons. The molecule has 250 valence electrons. The van der Waals surface area contributed by atoms with E-state index in [1.165, 1.54) is 14.2 Å². The van der Waals surface area contributed by atoms with Gasteiger partial charge in [-0.05, 0) is 126 Å². The molecule has 1 saturated heterocycles. The first-order chi connectivity index (χ1) is 23.0. The molecule has 1 aliphatic carbocycles. The highest BCUT2D eigenvalue weighted by Crippen LogP contribution is 2.65. The Morgan fingerprint density at radius 3 is 1.85 bits per heavy atom. The van der Waals surface area contributed by atoms with Gasteiger partial charge in [-0.15, -0.1) is 0 Å². The summed E-state index contributed by atoms with van der Waals surface area (Å²) in [5.41, 5.74) is 5.88. The van der Waals surface area contributed by atoms with Crippen LogP contribution in [-0.4, -0.2) is 45.9 Å². The maximum absolute atomic E-state index is 12.4. The van der Waals surface area contributed by atoms with E-state index in [4.69, 9.17) is 18.9 Å². The maximum Gasteiger partial charge on any atom is 0.160 e. The Balaban J connectivity index is 1.37. The van der Waals surface area contributed by atoms with Crippen LogP contribution in [0.1, 0.15) is 77.1 Å². The van der Waals surface area contributed by atoms with Crippen LogP contribution in [-0.2, 0) is 9.47 Å². The second-order valence-corrected chi connectivity index (χ2v) is 13.2. The molecule has 48 heavy (non-hydrogen) atoms. The van der Waals surface area contributed by atoms with Gasteiger partial charge in [-0.3, -0.25) is 0 Å². The van der Waals surface area contributed by atoms with Crippen molar-refractivity contribution in [1.82, 2.24) is 0 Å². The molecule has 0 aromatic heterocycles. The van der Waals surface area contributed by atoms with Crippen molar-refractivity contribution in [3.8, 4) is 34.5 Å². The number of hydrogen-bond acceptors (Lipinski definition) is 9. The highest BCUT2D eigenvalue weighted by Gasteiger charge is 2.59. The molecule has 0 saturated carbocycles. The molecule has 4 aromatic rings. The van der Waals surface area contributed by atoms with E-state index in [9.17, 15) is 25.5 Å². The highest BCUT2D eigenvalue weighted by molar-refractivity contribution is 5.50. The summed E-state index contributed by atoms with van der Waals surface area (Å²) < 4.78 is 24.5. The first-order valence-electron chi connectivity index (χ1n) is 16.1. The van der Waals surface area contributed by atoms with Crippen LogP contribution in [0, 0.1) is 19.3 Å². The number of aryl methyl sites for hydroxylation is 2. The fourth-order valence-corrected chi connectivity index (χ4v) is 7.89. The first kappa shape index (κ1) is 31.9. The molecule has 0 unspecified atom stereocenters. The first-order valence-corrected chi connectivity index (χ1v) is 16.1. The Kier molecular flexibility index (Phi) is 8.02. The van der Waals surface area contributed by atoms with Gasteiger partial charge in [0.1, 0.15) is 29.8 Å². The smallest absolute Gasteiger partial charge is 0.160 e. The normalized spacial score (nSPS) is 26.6. The lowest BCUT2D eigenvalue weighted by Gasteiger charge is -2.41. The SMILES string of the molecule is COc1ccc([C@@H]2O[C@H](c3ccc(O)c(C)c3)[C@H](O)[C@]23CCC2=C(C3)[C@@H](c3ccc(O)c(OC)c3)O[C@H]2c2ccc(O)c(C)c2)cc1O. The molecule has 6 atom stereocenters. The number of methoxy groups -OCH3 is 2. The fraction of sp³-hybridized carbons (Fsp3) is 0.333. The second kappa shape index (κ2) is 12.1. The van der Waals surface area contributed by atoms with Gasteiger partial charge in [-0.2, -0.15) is 0 Å². The van der Waals surface area contributed by atoms with Crippen LogP contribution in [0.5, 0.6) is 34.5 Å². The molecule has 1 fully saturated rings. The van der Waals surface area contributed by atoms with Crippen LogP contribution >= 0.6 is 0 Å².